The number of nitrogens with zero attached hydrogens (tertiary/aromatic N) is 3. The van der Waals surface area contributed by atoms with Gasteiger partial charge in [-0.2, -0.15) is 0 Å². The van der Waals surface area contributed by atoms with E-state index < -0.39 is 0 Å². The number of furan rings is 1. The number of para-hydroxylation sites is 1. The SMILES string of the molecule is C=N/C(=N\C(=N/Cc1ccc2ccccc2c1)c1ccc(-c2ccccc2)cc1)c1cccc2oc3c(-c4cc5sc6ccccc6c5c5ccccc45)cccc3c12. The second-order valence-corrected chi connectivity index (χ2v) is 15.8. The van der Waals surface area contributed by atoms with E-state index in [9.17, 15) is 0 Å². The van der Waals surface area contributed by atoms with Crippen LogP contribution < -0.4 is 0 Å². The van der Waals surface area contributed by atoms with Crippen molar-refractivity contribution in [3.8, 4) is 22.3 Å². The molecule has 9 aromatic carbocycles. The zero-order valence-electron chi connectivity index (χ0n) is 32.0. The fraction of sp³-hybridized carbons (Fsp3) is 0.0185. The van der Waals surface area contributed by atoms with E-state index in [1.807, 2.05) is 29.5 Å². The van der Waals surface area contributed by atoms with E-state index >= 15 is 0 Å². The molecular weight excluding hydrogens is 739 g/mol. The van der Waals surface area contributed by atoms with Crippen LogP contribution in [0.5, 0.6) is 0 Å². The number of thiophene rings is 1. The molecule has 2 aromatic heterocycles. The molecule has 0 saturated heterocycles. The molecule has 0 N–H and O–H groups in total. The van der Waals surface area contributed by atoms with Crippen LogP contribution in [0.15, 0.2) is 207 Å². The molecule has 0 fully saturated rings. The van der Waals surface area contributed by atoms with E-state index in [4.69, 9.17) is 14.4 Å². The molecular formula is C54H35N3OS. The summed E-state index contributed by atoms with van der Waals surface area (Å²) in [5.74, 6) is 1.05. The maximum absolute atomic E-state index is 6.83. The molecule has 4 nitrogen and oxygen atoms in total. The summed E-state index contributed by atoms with van der Waals surface area (Å²) in [4.78, 5) is 15.0. The van der Waals surface area contributed by atoms with Crippen LogP contribution in [0.25, 0.3) is 85.9 Å². The minimum atomic E-state index is 0.453. The Kier molecular flexibility index (Phi) is 8.53. The van der Waals surface area contributed by atoms with Gasteiger partial charge in [0.25, 0.3) is 0 Å². The van der Waals surface area contributed by atoms with Gasteiger partial charge in [0.15, 0.2) is 11.7 Å². The van der Waals surface area contributed by atoms with Crippen LogP contribution in [0.2, 0.25) is 0 Å². The maximum Gasteiger partial charge on any atom is 0.161 e. The summed E-state index contributed by atoms with van der Waals surface area (Å²) >= 11 is 1.83. The van der Waals surface area contributed by atoms with Gasteiger partial charge < -0.3 is 4.42 Å². The first-order valence-electron chi connectivity index (χ1n) is 19.7. The standard InChI is InChI=1S/C54H35N3OS/c1-55-54(57-53(38-29-27-37(28-30-38)35-13-3-2-4-14-35)56-33-34-25-26-36-15-5-6-16-39(36)31-34)45-22-12-23-47-50(45)44-21-11-20-42(52(44)58-47)46-32-49-51(41-18-8-7-17-40(41)46)43-19-9-10-24-48(43)59-49/h2-32H,1,33H2/b56-53-,57-54-. The maximum atomic E-state index is 6.83. The minimum Gasteiger partial charge on any atom is -0.455 e. The van der Waals surface area contributed by atoms with Crippen molar-refractivity contribution in [1.29, 1.82) is 0 Å². The number of fused-ring (bicyclic) bond motifs is 9. The monoisotopic (exact) mass is 773 g/mol. The summed E-state index contributed by atoms with van der Waals surface area (Å²) < 4.78 is 9.38. The number of aliphatic imine (C=N–C) groups is 3. The highest BCUT2D eigenvalue weighted by Crippen LogP contribution is 2.45. The van der Waals surface area contributed by atoms with E-state index in [1.165, 1.54) is 41.7 Å². The quantitative estimate of drug-likeness (QED) is 0.123. The summed E-state index contributed by atoms with van der Waals surface area (Å²) in [6.07, 6.45) is 0. The summed E-state index contributed by atoms with van der Waals surface area (Å²) in [5.41, 5.74) is 8.87. The summed E-state index contributed by atoms with van der Waals surface area (Å²) in [6, 6.07) is 65.9. The lowest BCUT2D eigenvalue weighted by Crippen LogP contribution is -2.06. The van der Waals surface area contributed by atoms with Gasteiger partial charge in [0.2, 0.25) is 0 Å². The minimum absolute atomic E-state index is 0.453. The molecule has 0 saturated carbocycles. The smallest absolute Gasteiger partial charge is 0.161 e. The van der Waals surface area contributed by atoms with Crippen LogP contribution in [0.1, 0.15) is 16.7 Å². The van der Waals surface area contributed by atoms with Crippen molar-refractivity contribution in [2.75, 3.05) is 0 Å². The van der Waals surface area contributed by atoms with Gasteiger partial charge in [0.05, 0.1) is 6.54 Å². The van der Waals surface area contributed by atoms with Crippen molar-refractivity contribution >= 4 is 93.4 Å². The van der Waals surface area contributed by atoms with Crippen molar-refractivity contribution in [2.45, 2.75) is 6.54 Å². The van der Waals surface area contributed by atoms with Crippen LogP contribution in [-0.2, 0) is 6.54 Å². The highest BCUT2D eigenvalue weighted by molar-refractivity contribution is 7.26. The fourth-order valence-electron chi connectivity index (χ4n) is 8.48. The lowest BCUT2D eigenvalue weighted by atomic mass is 9.93. The molecule has 11 aromatic rings. The molecule has 0 aliphatic carbocycles. The molecule has 59 heavy (non-hydrogen) atoms. The second-order valence-electron chi connectivity index (χ2n) is 14.8. The first-order chi connectivity index (χ1) is 29.2. The molecule has 2 heterocycles. The highest BCUT2D eigenvalue weighted by atomic mass is 32.1. The van der Waals surface area contributed by atoms with Gasteiger partial charge >= 0.3 is 0 Å². The third kappa shape index (κ3) is 6.11. The van der Waals surface area contributed by atoms with Gasteiger partial charge in [0, 0.05) is 47.6 Å². The summed E-state index contributed by atoms with van der Waals surface area (Å²) in [6.45, 7) is 4.50. The van der Waals surface area contributed by atoms with Gasteiger partial charge in [-0.3, -0.25) is 4.99 Å². The number of hydrogen-bond donors (Lipinski definition) is 0. The van der Waals surface area contributed by atoms with E-state index in [0.717, 1.165) is 60.9 Å². The summed E-state index contributed by atoms with van der Waals surface area (Å²) in [5, 5.41) is 9.34. The Bertz CT molecular complexity index is 3480. The number of amidine groups is 2. The Morgan fingerprint density at radius 3 is 2.07 bits per heavy atom. The van der Waals surface area contributed by atoms with E-state index in [-0.39, 0.29) is 0 Å². The van der Waals surface area contributed by atoms with Crippen molar-refractivity contribution in [1.82, 2.24) is 0 Å². The predicted molar refractivity (Wildman–Crippen MR) is 252 cm³/mol. The van der Waals surface area contributed by atoms with Gasteiger partial charge in [-0.15, -0.1) is 11.3 Å². The molecule has 0 spiro atoms. The molecule has 5 heteroatoms. The summed E-state index contributed by atoms with van der Waals surface area (Å²) in [7, 11) is 0. The second kappa shape index (κ2) is 14.5. The normalized spacial score (nSPS) is 12.4. The Morgan fingerprint density at radius 1 is 0.508 bits per heavy atom. The predicted octanol–water partition coefficient (Wildman–Crippen LogP) is 14.7. The molecule has 0 unspecified atom stereocenters. The van der Waals surface area contributed by atoms with Gasteiger partial charge in [-0.25, -0.2) is 9.98 Å². The fourth-order valence-corrected chi connectivity index (χ4v) is 9.64. The Hall–Kier alpha value is -7.47. The third-order valence-corrected chi connectivity index (χ3v) is 12.4. The molecule has 0 aliphatic rings. The van der Waals surface area contributed by atoms with Gasteiger partial charge in [-0.1, -0.05) is 164 Å². The molecule has 0 amide bonds. The Balaban J connectivity index is 1.06. The average Bonchev–Trinajstić information content (AvgIpc) is 3.88. The molecule has 0 bridgehead atoms. The van der Waals surface area contributed by atoms with Crippen LogP contribution in [0.4, 0.5) is 0 Å². The van der Waals surface area contributed by atoms with Gasteiger partial charge in [-0.05, 0) is 74.8 Å². The third-order valence-electron chi connectivity index (χ3n) is 11.3. The Labute approximate surface area is 344 Å². The molecule has 11 rings (SSSR count). The number of rotatable bonds is 6. The topological polar surface area (TPSA) is 50.2 Å². The number of benzene rings is 9. The van der Waals surface area contributed by atoms with E-state index in [0.29, 0.717) is 18.2 Å². The van der Waals surface area contributed by atoms with Crippen molar-refractivity contribution < 1.29 is 4.42 Å². The van der Waals surface area contributed by atoms with Crippen LogP contribution in [0.3, 0.4) is 0 Å². The molecule has 0 radical (unpaired) electrons. The largest absolute Gasteiger partial charge is 0.455 e. The Morgan fingerprint density at radius 2 is 1.22 bits per heavy atom. The van der Waals surface area contributed by atoms with Crippen LogP contribution in [-0.4, -0.2) is 18.4 Å². The van der Waals surface area contributed by atoms with Crippen molar-refractivity contribution in [2.24, 2.45) is 15.0 Å². The average molecular weight is 774 g/mol. The molecule has 0 aliphatic heterocycles. The first-order valence-corrected chi connectivity index (χ1v) is 20.5. The van der Waals surface area contributed by atoms with Crippen molar-refractivity contribution in [3.63, 3.8) is 0 Å². The van der Waals surface area contributed by atoms with Gasteiger partial charge in [0.1, 0.15) is 11.2 Å². The van der Waals surface area contributed by atoms with Crippen LogP contribution in [0, 0.1) is 0 Å². The molecule has 278 valence electrons. The highest BCUT2D eigenvalue weighted by Gasteiger charge is 2.20. The molecule has 0 atom stereocenters. The number of hydrogen-bond acceptors (Lipinski definition) is 3. The van der Waals surface area contributed by atoms with Crippen molar-refractivity contribution in [3.05, 3.63) is 205 Å². The zero-order valence-corrected chi connectivity index (χ0v) is 32.8. The van der Waals surface area contributed by atoms with Crippen LogP contribution >= 0.6 is 11.3 Å². The lowest BCUT2D eigenvalue weighted by Gasteiger charge is -2.10. The van der Waals surface area contributed by atoms with E-state index in [2.05, 4.69) is 182 Å². The zero-order chi connectivity index (χ0) is 39.3. The lowest BCUT2D eigenvalue weighted by molar-refractivity contribution is 0.670. The van der Waals surface area contributed by atoms with E-state index in [1.54, 1.807) is 0 Å². The first kappa shape index (κ1) is 34.8.